The first-order chi connectivity index (χ1) is 8.24. The van der Waals surface area contributed by atoms with Gasteiger partial charge in [0.25, 0.3) is 0 Å². The molecule has 1 N–H and O–H groups in total. The van der Waals surface area contributed by atoms with Crippen LogP contribution in [0.3, 0.4) is 0 Å². The number of nitrogens with one attached hydrogen (secondary N) is 1. The summed E-state index contributed by atoms with van der Waals surface area (Å²) in [7, 11) is 0. The van der Waals surface area contributed by atoms with Crippen molar-refractivity contribution in [1.82, 2.24) is 10.3 Å². The third-order valence-corrected chi connectivity index (χ3v) is 2.67. The minimum atomic E-state index is 0.864. The van der Waals surface area contributed by atoms with E-state index in [1.807, 2.05) is 12.4 Å². The van der Waals surface area contributed by atoms with Crippen molar-refractivity contribution in [2.75, 3.05) is 0 Å². The van der Waals surface area contributed by atoms with Crippen LogP contribution in [0.5, 0.6) is 0 Å². The zero-order valence-electron chi connectivity index (χ0n) is 10.4. The Balaban J connectivity index is 1.87. The van der Waals surface area contributed by atoms with Gasteiger partial charge in [-0.05, 0) is 30.5 Å². The third kappa shape index (κ3) is 3.68. The second-order valence-electron chi connectivity index (χ2n) is 4.46. The first kappa shape index (κ1) is 11.8. The van der Waals surface area contributed by atoms with Crippen LogP contribution in [0.1, 0.15) is 22.3 Å². The molecule has 0 atom stereocenters. The van der Waals surface area contributed by atoms with Crippen molar-refractivity contribution in [2.45, 2.75) is 26.9 Å². The first-order valence-electron chi connectivity index (χ1n) is 5.91. The summed E-state index contributed by atoms with van der Waals surface area (Å²) in [5, 5.41) is 3.43. The second-order valence-corrected chi connectivity index (χ2v) is 4.46. The fourth-order valence-corrected chi connectivity index (χ4v) is 1.89. The Labute approximate surface area is 103 Å². The summed E-state index contributed by atoms with van der Waals surface area (Å²) in [5.41, 5.74) is 5.07. The molecule has 1 aromatic carbocycles. The highest BCUT2D eigenvalue weighted by molar-refractivity contribution is 5.22. The quantitative estimate of drug-likeness (QED) is 0.867. The average molecular weight is 226 g/mol. The van der Waals surface area contributed by atoms with Crippen LogP contribution in [0.4, 0.5) is 0 Å². The molecule has 0 saturated carbocycles. The van der Waals surface area contributed by atoms with Crippen LogP contribution in [-0.4, -0.2) is 4.98 Å². The van der Waals surface area contributed by atoms with Crippen molar-refractivity contribution in [2.24, 2.45) is 0 Å². The lowest BCUT2D eigenvalue weighted by Crippen LogP contribution is -2.12. The summed E-state index contributed by atoms with van der Waals surface area (Å²) in [4.78, 5) is 4.18. The number of aryl methyl sites for hydroxylation is 2. The van der Waals surface area contributed by atoms with E-state index in [0.29, 0.717) is 0 Å². The molecule has 0 radical (unpaired) electrons. The number of benzene rings is 1. The summed E-state index contributed by atoms with van der Waals surface area (Å²) in [6.45, 7) is 5.95. The first-order valence-corrected chi connectivity index (χ1v) is 5.91. The van der Waals surface area contributed by atoms with Crippen LogP contribution in [-0.2, 0) is 13.1 Å². The van der Waals surface area contributed by atoms with Gasteiger partial charge < -0.3 is 5.32 Å². The summed E-state index contributed by atoms with van der Waals surface area (Å²) in [5.74, 6) is 0. The van der Waals surface area contributed by atoms with Crippen molar-refractivity contribution in [3.63, 3.8) is 0 Å². The standard InChI is InChI=1S/C15H18N2/c1-12-4-3-5-14(6-12)9-17-11-15-7-13(2)8-16-10-15/h3-8,10,17H,9,11H2,1-2H3. The van der Waals surface area contributed by atoms with Crippen LogP contribution < -0.4 is 5.32 Å². The van der Waals surface area contributed by atoms with Crippen LogP contribution in [0, 0.1) is 13.8 Å². The minimum Gasteiger partial charge on any atom is -0.309 e. The van der Waals surface area contributed by atoms with Crippen LogP contribution in [0.2, 0.25) is 0 Å². The smallest absolute Gasteiger partial charge is 0.0313 e. The highest BCUT2D eigenvalue weighted by Gasteiger charge is 1.95. The van der Waals surface area contributed by atoms with E-state index in [0.717, 1.165) is 13.1 Å². The van der Waals surface area contributed by atoms with Gasteiger partial charge in [-0.15, -0.1) is 0 Å². The maximum atomic E-state index is 4.18. The van der Waals surface area contributed by atoms with Crippen molar-refractivity contribution in [3.8, 4) is 0 Å². The molecule has 2 rings (SSSR count). The highest BCUT2D eigenvalue weighted by Crippen LogP contribution is 2.05. The molecule has 0 fully saturated rings. The van der Waals surface area contributed by atoms with Crippen molar-refractivity contribution in [1.29, 1.82) is 0 Å². The molecule has 2 heteroatoms. The fraction of sp³-hybridized carbons (Fsp3) is 0.267. The van der Waals surface area contributed by atoms with Crippen molar-refractivity contribution in [3.05, 3.63) is 65.0 Å². The molecule has 17 heavy (non-hydrogen) atoms. The number of hydrogen-bond acceptors (Lipinski definition) is 2. The molecule has 88 valence electrons. The van der Waals surface area contributed by atoms with E-state index in [9.17, 15) is 0 Å². The molecule has 0 aliphatic carbocycles. The maximum absolute atomic E-state index is 4.18. The zero-order valence-corrected chi connectivity index (χ0v) is 10.4. The molecule has 0 amide bonds. The maximum Gasteiger partial charge on any atom is 0.0313 e. The van der Waals surface area contributed by atoms with Crippen LogP contribution >= 0.6 is 0 Å². The minimum absolute atomic E-state index is 0.864. The average Bonchev–Trinajstić information content (AvgIpc) is 2.29. The van der Waals surface area contributed by atoms with Crippen molar-refractivity contribution >= 4 is 0 Å². The van der Waals surface area contributed by atoms with E-state index in [1.165, 1.54) is 22.3 Å². The molecule has 2 nitrogen and oxygen atoms in total. The Morgan fingerprint density at radius 1 is 0.941 bits per heavy atom. The number of aromatic nitrogens is 1. The van der Waals surface area contributed by atoms with Gasteiger partial charge in [0, 0.05) is 25.5 Å². The second kappa shape index (κ2) is 5.60. The largest absolute Gasteiger partial charge is 0.309 e. The van der Waals surface area contributed by atoms with Gasteiger partial charge in [-0.2, -0.15) is 0 Å². The van der Waals surface area contributed by atoms with E-state index in [1.54, 1.807) is 0 Å². The summed E-state index contributed by atoms with van der Waals surface area (Å²) in [6, 6.07) is 10.7. The van der Waals surface area contributed by atoms with E-state index >= 15 is 0 Å². The van der Waals surface area contributed by atoms with Gasteiger partial charge in [-0.25, -0.2) is 0 Å². The Morgan fingerprint density at radius 2 is 1.71 bits per heavy atom. The molecular formula is C15H18N2. The Bertz CT molecular complexity index is 446. The van der Waals surface area contributed by atoms with Crippen LogP contribution in [0.25, 0.3) is 0 Å². The van der Waals surface area contributed by atoms with Gasteiger partial charge in [0.05, 0.1) is 0 Å². The van der Waals surface area contributed by atoms with Crippen LogP contribution in [0.15, 0.2) is 42.7 Å². The van der Waals surface area contributed by atoms with Gasteiger partial charge in [0.15, 0.2) is 0 Å². The van der Waals surface area contributed by atoms with Gasteiger partial charge in [0.1, 0.15) is 0 Å². The molecule has 0 spiro atoms. The lowest BCUT2D eigenvalue weighted by atomic mass is 10.1. The number of nitrogens with zero attached hydrogens (tertiary/aromatic N) is 1. The summed E-state index contributed by atoms with van der Waals surface area (Å²) in [6.07, 6.45) is 3.79. The summed E-state index contributed by atoms with van der Waals surface area (Å²) < 4.78 is 0. The topological polar surface area (TPSA) is 24.9 Å². The predicted molar refractivity (Wildman–Crippen MR) is 70.7 cm³/mol. The molecule has 2 aromatic rings. The number of rotatable bonds is 4. The molecule has 0 bridgehead atoms. The van der Waals surface area contributed by atoms with Gasteiger partial charge >= 0.3 is 0 Å². The van der Waals surface area contributed by atoms with Gasteiger partial charge in [0.2, 0.25) is 0 Å². The fourth-order valence-electron chi connectivity index (χ4n) is 1.89. The molecule has 1 aromatic heterocycles. The lowest BCUT2D eigenvalue weighted by Gasteiger charge is -2.06. The van der Waals surface area contributed by atoms with Gasteiger partial charge in [-0.1, -0.05) is 35.9 Å². The molecule has 0 saturated heterocycles. The zero-order chi connectivity index (χ0) is 12.1. The normalized spacial score (nSPS) is 10.5. The Morgan fingerprint density at radius 3 is 2.47 bits per heavy atom. The SMILES string of the molecule is Cc1cccc(CNCc2cncc(C)c2)c1. The van der Waals surface area contributed by atoms with E-state index in [-0.39, 0.29) is 0 Å². The predicted octanol–water partition coefficient (Wildman–Crippen LogP) is 2.99. The summed E-state index contributed by atoms with van der Waals surface area (Å²) >= 11 is 0. The van der Waals surface area contributed by atoms with E-state index in [4.69, 9.17) is 0 Å². The third-order valence-electron chi connectivity index (χ3n) is 2.67. The highest BCUT2D eigenvalue weighted by atomic mass is 14.8. The Kier molecular flexibility index (Phi) is 3.89. The van der Waals surface area contributed by atoms with Gasteiger partial charge in [-0.3, -0.25) is 4.98 Å². The molecule has 1 heterocycles. The molecule has 0 aliphatic heterocycles. The lowest BCUT2D eigenvalue weighted by molar-refractivity contribution is 0.690. The number of pyridine rings is 1. The monoisotopic (exact) mass is 226 g/mol. The van der Waals surface area contributed by atoms with E-state index < -0.39 is 0 Å². The number of hydrogen-bond donors (Lipinski definition) is 1. The van der Waals surface area contributed by atoms with Crippen molar-refractivity contribution < 1.29 is 0 Å². The molecular weight excluding hydrogens is 208 g/mol. The Hall–Kier alpha value is -1.67. The molecule has 0 aliphatic rings. The van der Waals surface area contributed by atoms with E-state index in [2.05, 4.69) is 54.5 Å². The molecule has 0 unspecified atom stereocenters.